The van der Waals surface area contributed by atoms with Crippen LogP contribution >= 0.6 is 0 Å². The average molecular weight is 175 g/mol. The first-order valence-electron chi connectivity index (χ1n) is 3.95. The molecular formula is C9H9N3O. The van der Waals surface area contributed by atoms with E-state index in [2.05, 4.69) is 14.7 Å². The van der Waals surface area contributed by atoms with E-state index in [4.69, 9.17) is 5.73 Å². The predicted octanol–water partition coefficient (Wildman–Crippen LogP) is 1.12. The van der Waals surface area contributed by atoms with Crippen molar-refractivity contribution in [3.05, 3.63) is 48.1 Å². The zero-order chi connectivity index (χ0) is 9.10. The average Bonchev–Trinajstić information content (AvgIpc) is 2.71. The van der Waals surface area contributed by atoms with Gasteiger partial charge in [-0.3, -0.25) is 0 Å². The highest BCUT2D eigenvalue weighted by molar-refractivity contribution is 5.23. The first-order valence-corrected chi connectivity index (χ1v) is 3.95. The Kier molecular flexibility index (Phi) is 2.06. The maximum absolute atomic E-state index is 5.88. The van der Waals surface area contributed by atoms with E-state index in [1.54, 1.807) is 0 Å². The van der Waals surface area contributed by atoms with Gasteiger partial charge in [0.15, 0.2) is 5.82 Å². The Morgan fingerprint density at radius 2 is 2.00 bits per heavy atom. The molecule has 0 fully saturated rings. The fourth-order valence-corrected chi connectivity index (χ4v) is 1.13. The lowest BCUT2D eigenvalue weighted by molar-refractivity contribution is 0.407. The second-order valence-electron chi connectivity index (χ2n) is 2.68. The summed E-state index contributed by atoms with van der Waals surface area (Å²) in [6, 6.07) is 9.35. The third kappa shape index (κ3) is 1.57. The third-order valence-electron chi connectivity index (χ3n) is 1.82. The molecule has 1 aromatic heterocycles. The number of nitrogens with zero attached hydrogens (tertiary/aromatic N) is 2. The van der Waals surface area contributed by atoms with Crippen molar-refractivity contribution in [3.8, 4) is 0 Å². The van der Waals surface area contributed by atoms with Crippen LogP contribution < -0.4 is 5.73 Å². The van der Waals surface area contributed by atoms with Gasteiger partial charge in [-0.1, -0.05) is 35.5 Å². The number of hydrogen-bond donors (Lipinski definition) is 1. The second kappa shape index (κ2) is 3.37. The molecule has 0 radical (unpaired) electrons. The molecule has 1 aromatic carbocycles. The van der Waals surface area contributed by atoms with Gasteiger partial charge in [-0.2, -0.15) is 4.98 Å². The summed E-state index contributed by atoms with van der Waals surface area (Å²) in [7, 11) is 0. The van der Waals surface area contributed by atoms with Crippen LogP contribution in [0.5, 0.6) is 0 Å². The zero-order valence-electron chi connectivity index (χ0n) is 6.92. The van der Waals surface area contributed by atoms with Gasteiger partial charge in [0, 0.05) is 0 Å². The minimum absolute atomic E-state index is 0.306. The van der Waals surface area contributed by atoms with Crippen molar-refractivity contribution in [2.24, 2.45) is 5.73 Å². The maximum Gasteiger partial charge on any atom is 0.213 e. The van der Waals surface area contributed by atoms with Crippen molar-refractivity contribution in [3.63, 3.8) is 0 Å². The Morgan fingerprint density at radius 1 is 1.23 bits per heavy atom. The molecule has 1 atom stereocenters. The van der Waals surface area contributed by atoms with E-state index < -0.39 is 0 Å². The van der Waals surface area contributed by atoms with Crippen molar-refractivity contribution in [2.75, 3.05) is 0 Å². The van der Waals surface area contributed by atoms with Crippen molar-refractivity contribution in [2.45, 2.75) is 6.04 Å². The summed E-state index contributed by atoms with van der Waals surface area (Å²) >= 11 is 0. The first kappa shape index (κ1) is 7.94. The third-order valence-corrected chi connectivity index (χ3v) is 1.82. The summed E-state index contributed by atoms with van der Waals surface area (Å²) in [6.07, 6.45) is 1.28. The van der Waals surface area contributed by atoms with Crippen molar-refractivity contribution in [1.82, 2.24) is 10.1 Å². The Labute approximate surface area is 75.4 Å². The summed E-state index contributed by atoms with van der Waals surface area (Å²) in [5.41, 5.74) is 6.85. The van der Waals surface area contributed by atoms with E-state index in [9.17, 15) is 0 Å². The van der Waals surface area contributed by atoms with Crippen LogP contribution in [0.4, 0.5) is 0 Å². The Bertz CT molecular complexity index is 358. The molecule has 0 spiro atoms. The SMILES string of the molecule is N[C@@H](c1ccccc1)c1ncon1. The minimum atomic E-state index is -0.306. The Hall–Kier alpha value is -1.68. The molecule has 13 heavy (non-hydrogen) atoms. The number of benzene rings is 1. The first-order chi connectivity index (χ1) is 6.38. The van der Waals surface area contributed by atoms with Crippen molar-refractivity contribution in [1.29, 1.82) is 0 Å². The van der Waals surface area contributed by atoms with Gasteiger partial charge in [0.1, 0.15) is 0 Å². The fourth-order valence-electron chi connectivity index (χ4n) is 1.13. The quantitative estimate of drug-likeness (QED) is 0.742. The van der Waals surface area contributed by atoms with Crippen LogP contribution in [0, 0.1) is 0 Å². The smallest absolute Gasteiger partial charge is 0.213 e. The van der Waals surface area contributed by atoms with Gasteiger partial charge >= 0.3 is 0 Å². The summed E-state index contributed by atoms with van der Waals surface area (Å²) in [4.78, 5) is 3.89. The van der Waals surface area contributed by atoms with E-state index in [0.717, 1.165) is 5.56 Å². The molecule has 0 aliphatic rings. The molecule has 0 amide bonds. The molecule has 0 saturated carbocycles. The van der Waals surface area contributed by atoms with Gasteiger partial charge in [-0.15, -0.1) is 0 Å². The minimum Gasteiger partial charge on any atom is -0.343 e. The molecule has 2 N–H and O–H groups in total. The van der Waals surface area contributed by atoms with Crippen LogP contribution in [0.2, 0.25) is 0 Å². The highest BCUT2D eigenvalue weighted by atomic mass is 16.5. The van der Waals surface area contributed by atoms with Gasteiger partial charge in [0.2, 0.25) is 6.39 Å². The molecule has 2 aromatic rings. The van der Waals surface area contributed by atoms with E-state index in [1.165, 1.54) is 6.39 Å². The summed E-state index contributed by atoms with van der Waals surface area (Å²) < 4.78 is 4.62. The number of rotatable bonds is 2. The van der Waals surface area contributed by atoms with Crippen molar-refractivity contribution < 1.29 is 4.52 Å². The molecule has 0 unspecified atom stereocenters. The lowest BCUT2D eigenvalue weighted by Crippen LogP contribution is -2.13. The highest BCUT2D eigenvalue weighted by Gasteiger charge is 2.12. The Balaban J connectivity index is 2.29. The van der Waals surface area contributed by atoms with Gasteiger partial charge < -0.3 is 10.3 Å². The molecule has 66 valence electrons. The molecule has 0 bridgehead atoms. The summed E-state index contributed by atoms with van der Waals surface area (Å²) in [5, 5.41) is 3.68. The lowest BCUT2D eigenvalue weighted by Gasteiger charge is -2.05. The van der Waals surface area contributed by atoms with Gasteiger partial charge in [0.25, 0.3) is 0 Å². The largest absolute Gasteiger partial charge is 0.343 e. The fraction of sp³-hybridized carbons (Fsp3) is 0.111. The van der Waals surface area contributed by atoms with Gasteiger partial charge in [-0.25, -0.2) is 0 Å². The van der Waals surface area contributed by atoms with Gasteiger partial charge in [-0.05, 0) is 5.56 Å². The maximum atomic E-state index is 5.88. The molecule has 4 heteroatoms. The number of nitrogens with two attached hydrogens (primary N) is 1. The van der Waals surface area contributed by atoms with Crippen LogP contribution in [0.15, 0.2) is 41.2 Å². The number of hydrogen-bond acceptors (Lipinski definition) is 4. The second-order valence-corrected chi connectivity index (χ2v) is 2.68. The highest BCUT2D eigenvalue weighted by Crippen LogP contribution is 2.14. The van der Waals surface area contributed by atoms with E-state index >= 15 is 0 Å². The van der Waals surface area contributed by atoms with E-state index in [-0.39, 0.29) is 6.04 Å². The molecule has 0 aliphatic carbocycles. The molecule has 4 nitrogen and oxygen atoms in total. The monoisotopic (exact) mass is 175 g/mol. The van der Waals surface area contributed by atoms with Crippen molar-refractivity contribution >= 4 is 0 Å². The van der Waals surface area contributed by atoms with Crippen LogP contribution in [0.25, 0.3) is 0 Å². The van der Waals surface area contributed by atoms with E-state index in [1.807, 2.05) is 30.3 Å². The van der Waals surface area contributed by atoms with Crippen LogP contribution in [-0.2, 0) is 0 Å². The molecule has 0 aliphatic heterocycles. The molecule has 0 saturated heterocycles. The molecule has 2 rings (SSSR count). The number of aromatic nitrogens is 2. The van der Waals surface area contributed by atoms with Crippen LogP contribution in [-0.4, -0.2) is 10.1 Å². The normalized spacial score (nSPS) is 12.7. The van der Waals surface area contributed by atoms with Crippen LogP contribution in [0.3, 0.4) is 0 Å². The lowest BCUT2D eigenvalue weighted by atomic mass is 10.1. The predicted molar refractivity (Wildman–Crippen MR) is 46.8 cm³/mol. The zero-order valence-corrected chi connectivity index (χ0v) is 6.92. The van der Waals surface area contributed by atoms with Gasteiger partial charge in [0.05, 0.1) is 6.04 Å². The van der Waals surface area contributed by atoms with Crippen LogP contribution in [0.1, 0.15) is 17.4 Å². The topological polar surface area (TPSA) is 64.9 Å². The standard InChI is InChI=1S/C9H9N3O/c10-8(9-11-6-13-12-9)7-4-2-1-3-5-7/h1-6,8H,10H2/t8-/m0/s1. The molecule has 1 heterocycles. The van der Waals surface area contributed by atoms with E-state index in [0.29, 0.717) is 5.82 Å². The Morgan fingerprint density at radius 3 is 2.62 bits per heavy atom. The summed E-state index contributed by atoms with van der Waals surface area (Å²) in [6.45, 7) is 0. The summed E-state index contributed by atoms with van der Waals surface area (Å²) in [5.74, 6) is 0.506. The molecular weight excluding hydrogens is 166 g/mol.